The van der Waals surface area contributed by atoms with E-state index in [2.05, 4.69) is 9.97 Å². The SMILES string of the molecule is O=C(O)c1cc[nH+]cc1.O=C(O)c1cc[nH+]cc1.[Cl-].[Cl-]. The van der Waals surface area contributed by atoms with Crippen LogP contribution in [-0.4, -0.2) is 22.2 Å². The maximum absolute atomic E-state index is 10.2. The van der Waals surface area contributed by atoms with Gasteiger partial charge in [-0.15, -0.1) is 0 Å². The average molecular weight is 319 g/mol. The van der Waals surface area contributed by atoms with Crippen LogP contribution in [-0.2, 0) is 0 Å². The van der Waals surface area contributed by atoms with E-state index in [0.717, 1.165) is 0 Å². The molecule has 0 unspecified atom stereocenters. The zero-order valence-electron chi connectivity index (χ0n) is 10.1. The number of carbonyl (C=O) groups is 2. The molecular weight excluding hydrogens is 307 g/mol. The first-order valence-electron chi connectivity index (χ1n) is 5.00. The lowest BCUT2D eigenvalue weighted by Gasteiger charge is -1.84. The number of rotatable bonds is 2. The Hall–Kier alpha value is -2.18. The van der Waals surface area contributed by atoms with Crippen LogP contribution in [0.25, 0.3) is 0 Å². The summed E-state index contributed by atoms with van der Waals surface area (Å²) in [6.07, 6.45) is 6.29. The van der Waals surface area contributed by atoms with Gasteiger partial charge in [-0.05, 0) is 0 Å². The van der Waals surface area contributed by atoms with Crippen molar-refractivity contribution in [1.29, 1.82) is 0 Å². The van der Waals surface area contributed by atoms with Crippen molar-refractivity contribution in [2.24, 2.45) is 0 Å². The fraction of sp³-hybridized carbons (Fsp3) is 0. The Balaban J connectivity index is 0. The Labute approximate surface area is 127 Å². The van der Waals surface area contributed by atoms with Gasteiger partial charge in [0, 0.05) is 24.3 Å². The summed E-state index contributed by atoms with van der Waals surface area (Å²) < 4.78 is 0. The van der Waals surface area contributed by atoms with Crippen molar-refractivity contribution in [3.63, 3.8) is 0 Å². The van der Waals surface area contributed by atoms with Crippen molar-refractivity contribution in [3.8, 4) is 0 Å². The molecule has 0 aliphatic carbocycles. The van der Waals surface area contributed by atoms with Crippen LogP contribution in [0, 0.1) is 0 Å². The van der Waals surface area contributed by atoms with E-state index < -0.39 is 11.9 Å². The van der Waals surface area contributed by atoms with Crippen molar-refractivity contribution < 1.29 is 54.6 Å². The number of hydrogen-bond acceptors (Lipinski definition) is 2. The van der Waals surface area contributed by atoms with Gasteiger partial charge in [-0.25, -0.2) is 19.6 Å². The van der Waals surface area contributed by atoms with Crippen LogP contribution in [0.2, 0.25) is 0 Å². The Morgan fingerprint density at radius 2 is 0.950 bits per heavy atom. The van der Waals surface area contributed by atoms with Crippen LogP contribution in [0.1, 0.15) is 20.7 Å². The van der Waals surface area contributed by atoms with Crippen LogP contribution in [0.5, 0.6) is 0 Å². The molecule has 0 spiro atoms. The minimum atomic E-state index is -0.899. The van der Waals surface area contributed by atoms with Crippen molar-refractivity contribution >= 4 is 11.9 Å². The topological polar surface area (TPSA) is 103 Å². The number of carboxylic acids is 2. The monoisotopic (exact) mass is 318 g/mol. The van der Waals surface area contributed by atoms with Gasteiger partial charge in [-0.2, -0.15) is 0 Å². The molecule has 2 heterocycles. The first-order chi connectivity index (χ1) is 8.61. The highest BCUT2D eigenvalue weighted by atomic mass is 35.5. The van der Waals surface area contributed by atoms with E-state index in [1.807, 2.05) is 0 Å². The van der Waals surface area contributed by atoms with Gasteiger partial charge in [0.1, 0.15) is 0 Å². The molecule has 0 bridgehead atoms. The molecule has 8 heteroatoms. The van der Waals surface area contributed by atoms with Crippen molar-refractivity contribution in [1.82, 2.24) is 0 Å². The number of aromatic carboxylic acids is 2. The average Bonchev–Trinajstić information content (AvgIpc) is 2.41. The van der Waals surface area contributed by atoms with Crippen LogP contribution < -0.4 is 34.8 Å². The number of H-pyrrole nitrogens is 2. The van der Waals surface area contributed by atoms with E-state index in [4.69, 9.17) is 10.2 Å². The normalized spacial score (nSPS) is 8.00. The number of pyridine rings is 2. The van der Waals surface area contributed by atoms with Gasteiger partial charge >= 0.3 is 11.9 Å². The van der Waals surface area contributed by atoms with Gasteiger partial charge < -0.3 is 35.0 Å². The van der Waals surface area contributed by atoms with E-state index in [0.29, 0.717) is 11.1 Å². The van der Waals surface area contributed by atoms with Crippen molar-refractivity contribution in [2.75, 3.05) is 0 Å². The van der Waals surface area contributed by atoms with Crippen LogP contribution in [0.15, 0.2) is 49.1 Å². The molecule has 108 valence electrons. The molecule has 0 radical (unpaired) electrons. The van der Waals surface area contributed by atoms with E-state index in [-0.39, 0.29) is 24.8 Å². The fourth-order valence-corrected chi connectivity index (χ4v) is 1.06. The maximum atomic E-state index is 10.2. The summed E-state index contributed by atoms with van der Waals surface area (Å²) in [5.41, 5.74) is 0.600. The first-order valence-corrected chi connectivity index (χ1v) is 5.00. The highest BCUT2D eigenvalue weighted by Crippen LogP contribution is 1.92. The lowest BCUT2D eigenvalue weighted by atomic mass is 10.3. The van der Waals surface area contributed by atoms with Gasteiger partial charge in [0.25, 0.3) is 0 Å². The number of halogens is 2. The number of carboxylic acid groups (broad SMARTS) is 2. The molecule has 0 atom stereocenters. The smallest absolute Gasteiger partial charge is 0.336 e. The summed E-state index contributed by atoms with van der Waals surface area (Å²) in [6, 6.07) is 6.01. The number of aromatic amines is 2. The van der Waals surface area contributed by atoms with Gasteiger partial charge in [-0.3, -0.25) is 0 Å². The zero-order valence-corrected chi connectivity index (χ0v) is 11.6. The third-order valence-corrected chi connectivity index (χ3v) is 1.93. The Kier molecular flexibility index (Phi) is 10.8. The molecule has 0 aromatic carbocycles. The van der Waals surface area contributed by atoms with Crippen LogP contribution in [0.3, 0.4) is 0 Å². The largest absolute Gasteiger partial charge is 1.00 e. The van der Waals surface area contributed by atoms with E-state index >= 15 is 0 Å². The van der Waals surface area contributed by atoms with Gasteiger partial charge in [0.15, 0.2) is 24.8 Å². The molecule has 2 aromatic rings. The second-order valence-corrected chi connectivity index (χ2v) is 3.19. The Bertz CT molecular complexity index is 474. The highest BCUT2D eigenvalue weighted by molar-refractivity contribution is 5.87. The molecule has 0 amide bonds. The standard InChI is InChI=1S/2C6H5NO2.2ClH/c2*8-6(9)5-1-3-7-4-2-5;;/h2*1-4H,(H,8,9);2*1H. The number of aromatic nitrogens is 2. The lowest BCUT2D eigenvalue weighted by Crippen LogP contribution is -3.00. The summed E-state index contributed by atoms with van der Waals surface area (Å²) in [6.45, 7) is 0. The third-order valence-electron chi connectivity index (χ3n) is 1.93. The second kappa shape index (κ2) is 10.7. The molecule has 2 rings (SSSR count). The molecule has 0 saturated carbocycles. The molecule has 20 heavy (non-hydrogen) atoms. The molecule has 2 aromatic heterocycles. The first kappa shape index (κ1) is 20.1. The summed E-state index contributed by atoms with van der Waals surface area (Å²) in [4.78, 5) is 25.8. The highest BCUT2D eigenvalue weighted by Gasteiger charge is 2.00. The second-order valence-electron chi connectivity index (χ2n) is 3.19. The lowest BCUT2D eigenvalue weighted by molar-refractivity contribution is -0.378. The molecule has 0 fully saturated rings. The third kappa shape index (κ3) is 7.30. The van der Waals surface area contributed by atoms with Gasteiger partial charge in [0.2, 0.25) is 0 Å². The van der Waals surface area contributed by atoms with Gasteiger partial charge in [0.05, 0.1) is 11.1 Å². The van der Waals surface area contributed by atoms with E-state index in [9.17, 15) is 9.59 Å². The number of nitrogens with one attached hydrogen (secondary N) is 2. The van der Waals surface area contributed by atoms with E-state index in [1.165, 1.54) is 24.3 Å². The zero-order chi connectivity index (χ0) is 13.4. The molecule has 0 aliphatic rings. The van der Waals surface area contributed by atoms with Crippen LogP contribution >= 0.6 is 0 Å². The number of hydrogen-bond donors (Lipinski definition) is 2. The molecule has 0 aliphatic heterocycles. The minimum Gasteiger partial charge on any atom is -1.00 e. The predicted molar refractivity (Wildman–Crippen MR) is 59.9 cm³/mol. The van der Waals surface area contributed by atoms with Crippen molar-refractivity contribution in [3.05, 3.63) is 60.2 Å². The van der Waals surface area contributed by atoms with Crippen LogP contribution in [0.4, 0.5) is 0 Å². The Morgan fingerprint density at radius 3 is 1.10 bits per heavy atom. The molecule has 0 saturated heterocycles. The summed E-state index contributed by atoms with van der Waals surface area (Å²) >= 11 is 0. The van der Waals surface area contributed by atoms with Crippen molar-refractivity contribution in [2.45, 2.75) is 0 Å². The van der Waals surface area contributed by atoms with Gasteiger partial charge in [-0.1, -0.05) is 0 Å². The summed E-state index contributed by atoms with van der Waals surface area (Å²) in [7, 11) is 0. The summed E-state index contributed by atoms with van der Waals surface area (Å²) in [5.74, 6) is -1.80. The van der Waals surface area contributed by atoms with E-state index in [1.54, 1.807) is 24.8 Å². The fourth-order valence-electron chi connectivity index (χ4n) is 1.06. The predicted octanol–water partition coefficient (Wildman–Crippen LogP) is -5.59. The maximum Gasteiger partial charge on any atom is 0.336 e. The summed E-state index contributed by atoms with van der Waals surface area (Å²) in [5, 5.41) is 16.7. The molecular formula is C12H12Cl2N2O4. The molecule has 4 N–H and O–H groups in total. The minimum absolute atomic E-state index is 0. The quantitative estimate of drug-likeness (QED) is 0.576. The Morgan fingerprint density at radius 1 is 0.700 bits per heavy atom. The molecule has 6 nitrogen and oxygen atoms in total.